The molecule has 0 aliphatic heterocycles. The smallest absolute Gasteiger partial charge is 0.229 e. The number of pyridine rings is 1. The zero-order valence-electron chi connectivity index (χ0n) is 12.6. The molecule has 24 heavy (non-hydrogen) atoms. The van der Waals surface area contributed by atoms with E-state index < -0.39 is 11.6 Å². The number of hydrogen-bond donors (Lipinski definition) is 0. The topological polar surface area (TPSA) is 71.9 Å². The third-order valence-corrected chi connectivity index (χ3v) is 3.32. The molecule has 120 valence electrons. The Morgan fingerprint density at radius 2 is 2.08 bits per heavy atom. The van der Waals surface area contributed by atoms with Crippen molar-refractivity contribution in [3.63, 3.8) is 0 Å². The molecule has 0 radical (unpaired) electrons. The first-order valence-corrected chi connectivity index (χ1v) is 6.98. The predicted molar refractivity (Wildman–Crippen MR) is 79.9 cm³/mol. The van der Waals surface area contributed by atoms with Crippen LogP contribution in [0, 0.1) is 29.9 Å². The summed E-state index contributed by atoms with van der Waals surface area (Å²) >= 11 is 0. The molecule has 0 unspecified atom stereocenters. The van der Waals surface area contributed by atoms with Crippen molar-refractivity contribution in [1.82, 2.24) is 9.97 Å². The summed E-state index contributed by atoms with van der Waals surface area (Å²) < 4.78 is 38.1. The molecule has 0 saturated carbocycles. The molecule has 0 aliphatic rings. The minimum absolute atomic E-state index is 0.00659. The highest BCUT2D eigenvalue weighted by molar-refractivity contribution is 5.54. The number of oxazole rings is 1. The van der Waals surface area contributed by atoms with Crippen molar-refractivity contribution < 1.29 is 17.9 Å². The molecule has 2 heterocycles. The van der Waals surface area contributed by atoms with Gasteiger partial charge in [0.25, 0.3) is 0 Å². The maximum absolute atomic E-state index is 13.8. The van der Waals surface area contributed by atoms with Crippen molar-refractivity contribution in [3.05, 3.63) is 65.3 Å². The second-order valence-electron chi connectivity index (χ2n) is 4.87. The Balaban J connectivity index is 1.85. The van der Waals surface area contributed by atoms with E-state index in [1.807, 2.05) is 6.07 Å². The summed E-state index contributed by atoms with van der Waals surface area (Å²) in [5, 5.41) is 8.98. The van der Waals surface area contributed by atoms with Gasteiger partial charge in [0.1, 0.15) is 24.1 Å². The third-order valence-electron chi connectivity index (χ3n) is 3.32. The fraction of sp³-hybridized carbons (Fsp3) is 0.118. The summed E-state index contributed by atoms with van der Waals surface area (Å²) in [7, 11) is 0. The summed E-state index contributed by atoms with van der Waals surface area (Å²) in [6.07, 6.45) is 1.48. The van der Waals surface area contributed by atoms with Gasteiger partial charge in [0, 0.05) is 6.20 Å². The van der Waals surface area contributed by atoms with Crippen LogP contribution in [0.15, 0.2) is 40.9 Å². The van der Waals surface area contributed by atoms with Crippen molar-refractivity contribution in [3.8, 4) is 23.3 Å². The SMILES string of the molecule is Cc1oc(-c2cccc(F)c2F)nc1COc1cccnc1C#N. The lowest BCUT2D eigenvalue weighted by Gasteiger charge is -2.04. The molecule has 5 nitrogen and oxygen atoms in total. The van der Waals surface area contributed by atoms with Gasteiger partial charge in [0.05, 0.1) is 5.56 Å². The van der Waals surface area contributed by atoms with Crippen molar-refractivity contribution >= 4 is 0 Å². The Morgan fingerprint density at radius 3 is 2.88 bits per heavy atom. The molecule has 0 fully saturated rings. The van der Waals surface area contributed by atoms with E-state index >= 15 is 0 Å². The molecule has 0 aliphatic carbocycles. The second kappa shape index (κ2) is 6.46. The van der Waals surface area contributed by atoms with Gasteiger partial charge in [-0.3, -0.25) is 0 Å². The fourth-order valence-electron chi connectivity index (χ4n) is 2.08. The molecule has 0 amide bonds. The number of aromatic nitrogens is 2. The highest BCUT2D eigenvalue weighted by Crippen LogP contribution is 2.26. The van der Waals surface area contributed by atoms with Crippen LogP contribution >= 0.6 is 0 Å². The molecule has 0 atom stereocenters. The first-order chi connectivity index (χ1) is 11.6. The van der Waals surface area contributed by atoms with Gasteiger partial charge in [0.15, 0.2) is 23.1 Å². The first kappa shape index (κ1) is 15.6. The van der Waals surface area contributed by atoms with Crippen LogP contribution in [0.5, 0.6) is 5.75 Å². The fourth-order valence-corrected chi connectivity index (χ4v) is 2.08. The van der Waals surface area contributed by atoms with Gasteiger partial charge in [-0.15, -0.1) is 0 Å². The molecule has 7 heteroatoms. The zero-order chi connectivity index (χ0) is 17.1. The molecule has 2 aromatic heterocycles. The van der Waals surface area contributed by atoms with Crippen LogP contribution in [-0.4, -0.2) is 9.97 Å². The summed E-state index contributed by atoms with van der Waals surface area (Å²) in [6, 6.07) is 8.93. The van der Waals surface area contributed by atoms with Crippen LogP contribution in [0.25, 0.3) is 11.5 Å². The van der Waals surface area contributed by atoms with E-state index in [1.165, 1.54) is 18.3 Å². The van der Waals surface area contributed by atoms with Gasteiger partial charge in [-0.1, -0.05) is 6.07 Å². The molecule has 0 N–H and O–H groups in total. The normalized spacial score (nSPS) is 10.4. The van der Waals surface area contributed by atoms with Crippen molar-refractivity contribution in [2.24, 2.45) is 0 Å². The van der Waals surface area contributed by atoms with Crippen LogP contribution in [0.1, 0.15) is 17.1 Å². The number of nitriles is 1. The molecule has 1 aromatic carbocycles. The third kappa shape index (κ3) is 2.94. The van der Waals surface area contributed by atoms with Gasteiger partial charge < -0.3 is 9.15 Å². The van der Waals surface area contributed by atoms with Gasteiger partial charge in [-0.2, -0.15) is 5.26 Å². The molecule has 0 saturated heterocycles. The lowest BCUT2D eigenvalue weighted by molar-refractivity contribution is 0.297. The molecular formula is C17H11F2N3O2. The Kier molecular flexibility index (Phi) is 4.20. The van der Waals surface area contributed by atoms with E-state index in [0.717, 1.165) is 6.07 Å². The highest BCUT2D eigenvalue weighted by atomic mass is 19.2. The minimum atomic E-state index is -1.02. The summed E-state index contributed by atoms with van der Waals surface area (Å²) in [4.78, 5) is 8.04. The Bertz CT molecular complexity index is 932. The number of rotatable bonds is 4. The Morgan fingerprint density at radius 1 is 1.25 bits per heavy atom. The average molecular weight is 327 g/mol. The van der Waals surface area contributed by atoms with Crippen LogP contribution in [0.4, 0.5) is 8.78 Å². The van der Waals surface area contributed by atoms with E-state index in [0.29, 0.717) is 17.2 Å². The summed E-state index contributed by atoms with van der Waals surface area (Å²) in [6.45, 7) is 1.65. The molecule has 0 bridgehead atoms. The van der Waals surface area contributed by atoms with E-state index in [4.69, 9.17) is 14.4 Å². The Labute approximate surface area is 136 Å². The van der Waals surface area contributed by atoms with Gasteiger partial charge in [-0.05, 0) is 31.2 Å². The highest BCUT2D eigenvalue weighted by Gasteiger charge is 2.17. The average Bonchev–Trinajstić information content (AvgIpc) is 2.96. The van der Waals surface area contributed by atoms with Crippen molar-refractivity contribution in [2.45, 2.75) is 13.5 Å². The largest absolute Gasteiger partial charge is 0.484 e. The van der Waals surface area contributed by atoms with E-state index in [-0.39, 0.29) is 23.8 Å². The number of ether oxygens (including phenoxy) is 1. The van der Waals surface area contributed by atoms with E-state index in [1.54, 1.807) is 19.1 Å². The van der Waals surface area contributed by atoms with Crippen LogP contribution < -0.4 is 4.74 Å². The number of halogens is 2. The van der Waals surface area contributed by atoms with E-state index in [2.05, 4.69) is 9.97 Å². The second-order valence-corrected chi connectivity index (χ2v) is 4.87. The minimum Gasteiger partial charge on any atom is -0.484 e. The summed E-state index contributed by atoms with van der Waals surface area (Å²) in [5.41, 5.74) is 0.500. The maximum atomic E-state index is 13.8. The molecule has 3 aromatic rings. The van der Waals surface area contributed by atoms with Crippen LogP contribution in [0.2, 0.25) is 0 Å². The number of nitrogens with zero attached hydrogens (tertiary/aromatic N) is 3. The first-order valence-electron chi connectivity index (χ1n) is 6.98. The predicted octanol–water partition coefficient (Wildman–Crippen LogP) is 3.77. The summed E-state index contributed by atoms with van der Waals surface area (Å²) in [5.74, 6) is -1.31. The Hall–Kier alpha value is -3.27. The van der Waals surface area contributed by atoms with Crippen LogP contribution in [0.3, 0.4) is 0 Å². The standard InChI is InChI=1S/C17H11F2N3O2/c1-10-14(9-23-15-6-3-7-21-13(15)8-20)22-17(24-10)11-4-2-5-12(18)16(11)19/h2-7H,9H2,1H3. The number of benzene rings is 1. The lowest BCUT2D eigenvalue weighted by atomic mass is 10.2. The van der Waals surface area contributed by atoms with E-state index in [9.17, 15) is 8.78 Å². The molecule has 3 rings (SSSR count). The number of aryl methyl sites for hydroxylation is 1. The number of hydrogen-bond acceptors (Lipinski definition) is 5. The van der Waals surface area contributed by atoms with Gasteiger partial charge in [0.2, 0.25) is 5.89 Å². The lowest BCUT2D eigenvalue weighted by Crippen LogP contribution is -2.00. The van der Waals surface area contributed by atoms with Gasteiger partial charge >= 0.3 is 0 Å². The van der Waals surface area contributed by atoms with Crippen LogP contribution in [-0.2, 0) is 6.61 Å². The van der Waals surface area contributed by atoms with Crippen molar-refractivity contribution in [1.29, 1.82) is 5.26 Å². The molecular weight excluding hydrogens is 316 g/mol. The maximum Gasteiger partial charge on any atom is 0.229 e. The quantitative estimate of drug-likeness (QED) is 0.729. The van der Waals surface area contributed by atoms with Crippen molar-refractivity contribution in [2.75, 3.05) is 0 Å². The molecule has 0 spiro atoms. The van der Waals surface area contributed by atoms with Gasteiger partial charge in [-0.25, -0.2) is 18.7 Å². The monoisotopic (exact) mass is 327 g/mol. The zero-order valence-corrected chi connectivity index (χ0v) is 12.6.